The van der Waals surface area contributed by atoms with Gasteiger partial charge in [0.1, 0.15) is 6.10 Å². The molecule has 2 unspecified atom stereocenters. The van der Waals surface area contributed by atoms with Gasteiger partial charge in [0, 0.05) is 11.6 Å². The highest BCUT2D eigenvalue weighted by Crippen LogP contribution is 2.34. The van der Waals surface area contributed by atoms with Gasteiger partial charge in [-0.05, 0) is 37.6 Å². The molecule has 2 fully saturated rings. The van der Waals surface area contributed by atoms with Crippen molar-refractivity contribution in [3.63, 3.8) is 0 Å². The Morgan fingerprint density at radius 3 is 3.17 bits per heavy atom. The molecule has 96 valence electrons. The molecule has 0 spiro atoms. The van der Waals surface area contributed by atoms with Crippen molar-refractivity contribution in [3.05, 3.63) is 28.8 Å². The van der Waals surface area contributed by atoms with E-state index in [0.29, 0.717) is 5.02 Å². The third-order valence-electron chi connectivity index (χ3n) is 3.67. The number of fused-ring (bicyclic) bond motifs is 1. The van der Waals surface area contributed by atoms with E-state index in [1.54, 1.807) is 4.90 Å². The first-order valence-electron chi connectivity index (χ1n) is 6.14. The number of hydrogen-bond donors (Lipinski definition) is 1. The van der Waals surface area contributed by atoms with Crippen LogP contribution >= 0.6 is 11.6 Å². The zero-order valence-electron chi connectivity index (χ0n) is 10.1. The van der Waals surface area contributed by atoms with Crippen LogP contribution in [0.5, 0.6) is 0 Å². The third kappa shape index (κ3) is 1.76. The van der Waals surface area contributed by atoms with Gasteiger partial charge < -0.3 is 10.1 Å². The molecule has 1 amide bonds. The summed E-state index contributed by atoms with van der Waals surface area (Å²) in [5.74, 6) is 0. The smallest absolute Gasteiger partial charge is 0.415 e. The number of anilines is 1. The van der Waals surface area contributed by atoms with Crippen LogP contribution in [0.1, 0.15) is 12.0 Å². The first-order chi connectivity index (χ1) is 8.68. The van der Waals surface area contributed by atoms with Crippen molar-refractivity contribution in [3.8, 4) is 0 Å². The van der Waals surface area contributed by atoms with Crippen LogP contribution < -0.4 is 10.2 Å². The Morgan fingerprint density at radius 2 is 2.33 bits per heavy atom. The van der Waals surface area contributed by atoms with Crippen LogP contribution in [0.25, 0.3) is 0 Å². The highest BCUT2D eigenvalue weighted by molar-refractivity contribution is 6.31. The Kier molecular flexibility index (Phi) is 2.92. The fourth-order valence-electron chi connectivity index (χ4n) is 2.69. The van der Waals surface area contributed by atoms with E-state index in [0.717, 1.165) is 30.8 Å². The van der Waals surface area contributed by atoms with E-state index >= 15 is 0 Å². The summed E-state index contributed by atoms with van der Waals surface area (Å²) in [7, 11) is 0. The van der Waals surface area contributed by atoms with Crippen molar-refractivity contribution in [2.24, 2.45) is 0 Å². The first kappa shape index (κ1) is 11.8. The van der Waals surface area contributed by atoms with E-state index < -0.39 is 0 Å². The molecule has 2 atom stereocenters. The van der Waals surface area contributed by atoms with Crippen LogP contribution in [0.2, 0.25) is 5.02 Å². The summed E-state index contributed by atoms with van der Waals surface area (Å²) in [5.41, 5.74) is 1.79. The van der Waals surface area contributed by atoms with Gasteiger partial charge >= 0.3 is 6.09 Å². The number of nitrogens with one attached hydrogen (secondary N) is 1. The topological polar surface area (TPSA) is 41.6 Å². The van der Waals surface area contributed by atoms with Crippen molar-refractivity contribution >= 4 is 23.4 Å². The zero-order chi connectivity index (χ0) is 12.7. The maximum atomic E-state index is 12.0. The number of rotatable bonds is 1. The van der Waals surface area contributed by atoms with Crippen LogP contribution in [0.4, 0.5) is 10.5 Å². The highest BCUT2D eigenvalue weighted by atomic mass is 35.5. The largest absolute Gasteiger partial charge is 0.442 e. The number of ether oxygens (including phenoxy) is 1. The van der Waals surface area contributed by atoms with Crippen molar-refractivity contribution < 1.29 is 9.53 Å². The summed E-state index contributed by atoms with van der Waals surface area (Å²) < 4.78 is 5.41. The van der Waals surface area contributed by atoms with Crippen LogP contribution in [0, 0.1) is 6.92 Å². The normalized spacial score (nSPS) is 27.0. The first-order valence-corrected chi connectivity index (χ1v) is 6.52. The van der Waals surface area contributed by atoms with E-state index in [9.17, 15) is 4.79 Å². The maximum absolute atomic E-state index is 12.0. The minimum atomic E-state index is -0.265. The number of amides is 1. The van der Waals surface area contributed by atoms with Crippen LogP contribution in [0.3, 0.4) is 0 Å². The number of carbonyl (C=O) groups is 1. The maximum Gasteiger partial charge on any atom is 0.415 e. The molecule has 0 saturated carbocycles. The van der Waals surface area contributed by atoms with Gasteiger partial charge in [-0.2, -0.15) is 0 Å². The van der Waals surface area contributed by atoms with Gasteiger partial charge in [0.15, 0.2) is 0 Å². The molecular formula is C13H15ClN2O2. The number of benzene rings is 1. The zero-order valence-corrected chi connectivity index (χ0v) is 10.9. The van der Waals surface area contributed by atoms with Gasteiger partial charge in [0.05, 0.1) is 11.7 Å². The molecule has 2 heterocycles. The number of hydrogen-bond acceptors (Lipinski definition) is 3. The van der Waals surface area contributed by atoms with Crippen molar-refractivity contribution in [1.82, 2.24) is 5.32 Å². The van der Waals surface area contributed by atoms with Crippen LogP contribution in [-0.4, -0.2) is 31.3 Å². The van der Waals surface area contributed by atoms with Crippen LogP contribution in [0.15, 0.2) is 18.2 Å². The van der Waals surface area contributed by atoms with E-state index in [1.807, 2.05) is 25.1 Å². The Labute approximate surface area is 111 Å². The lowest BCUT2D eigenvalue weighted by molar-refractivity contribution is 0.121. The van der Waals surface area contributed by atoms with E-state index in [1.165, 1.54) is 0 Å². The molecule has 0 aliphatic carbocycles. The fourth-order valence-corrected chi connectivity index (χ4v) is 2.86. The van der Waals surface area contributed by atoms with Gasteiger partial charge in [-0.3, -0.25) is 4.90 Å². The minimum Gasteiger partial charge on any atom is -0.442 e. The average molecular weight is 267 g/mol. The molecule has 4 nitrogen and oxygen atoms in total. The molecule has 0 radical (unpaired) electrons. The van der Waals surface area contributed by atoms with Crippen molar-refractivity contribution in [1.29, 1.82) is 0 Å². The SMILES string of the molecule is Cc1c(Cl)cccc1N1C(=O)OC2CNCCC21. The van der Waals surface area contributed by atoms with Gasteiger partial charge in [-0.15, -0.1) is 0 Å². The van der Waals surface area contributed by atoms with E-state index in [4.69, 9.17) is 16.3 Å². The third-order valence-corrected chi connectivity index (χ3v) is 4.08. The Balaban J connectivity index is 1.99. The van der Waals surface area contributed by atoms with Crippen molar-refractivity contribution in [2.75, 3.05) is 18.0 Å². The molecule has 5 heteroatoms. The monoisotopic (exact) mass is 266 g/mol. The fraction of sp³-hybridized carbons (Fsp3) is 0.462. The lowest BCUT2D eigenvalue weighted by Crippen LogP contribution is -2.47. The van der Waals surface area contributed by atoms with Gasteiger partial charge in [0.2, 0.25) is 0 Å². The highest BCUT2D eigenvalue weighted by Gasteiger charge is 2.44. The lowest BCUT2D eigenvalue weighted by atomic mass is 10.0. The van der Waals surface area contributed by atoms with E-state index in [-0.39, 0.29) is 18.2 Å². The predicted molar refractivity (Wildman–Crippen MR) is 70.2 cm³/mol. The summed E-state index contributed by atoms with van der Waals surface area (Å²) >= 11 is 6.12. The molecule has 3 rings (SSSR count). The predicted octanol–water partition coefficient (Wildman–Crippen LogP) is 2.34. The molecule has 1 aromatic carbocycles. The Morgan fingerprint density at radius 1 is 1.50 bits per heavy atom. The quantitative estimate of drug-likeness (QED) is 0.848. The number of halogens is 1. The second kappa shape index (κ2) is 4.44. The van der Waals surface area contributed by atoms with Crippen molar-refractivity contribution in [2.45, 2.75) is 25.5 Å². The lowest BCUT2D eigenvalue weighted by Gasteiger charge is -2.29. The Bertz CT molecular complexity index is 492. The molecule has 1 N–H and O–H groups in total. The molecule has 0 bridgehead atoms. The average Bonchev–Trinajstić information content (AvgIpc) is 2.69. The minimum absolute atomic E-state index is 0.0513. The molecule has 0 aromatic heterocycles. The summed E-state index contributed by atoms with van der Waals surface area (Å²) in [6, 6.07) is 5.75. The second-order valence-corrected chi connectivity index (χ2v) is 5.14. The number of carbonyl (C=O) groups excluding carboxylic acids is 1. The van der Waals surface area contributed by atoms with Gasteiger partial charge in [-0.1, -0.05) is 17.7 Å². The molecule has 2 saturated heterocycles. The van der Waals surface area contributed by atoms with Gasteiger partial charge in [0.25, 0.3) is 0 Å². The summed E-state index contributed by atoms with van der Waals surface area (Å²) in [4.78, 5) is 13.8. The van der Waals surface area contributed by atoms with Crippen LogP contribution in [-0.2, 0) is 4.74 Å². The summed E-state index contributed by atoms with van der Waals surface area (Å²) in [5, 5.41) is 3.92. The van der Waals surface area contributed by atoms with Gasteiger partial charge in [-0.25, -0.2) is 4.79 Å². The molecule has 2 aliphatic heterocycles. The molecule has 2 aliphatic rings. The summed E-state index contributed by atoms with van der Waals surface area (Å²) in [6.45, 7) is 3.57. The molecular weight excluding hydrogens is 252 g/mol. The Hall–Kier alpha value is -1.26. The number of piperidine rings is 1. The van der Waals surface area contributed by atoms with E-state index in [2.05, 4.69) is 5.32 Å². The summed E-state index contributed by atoms with van der Waals surface area (Å²) in [6.07, 6.45) is 0.589. The molecule has 18 heavy (non-hydrogen) atoms. The number of nitrogens with zero attached hydrogens (tertiary/aromatic N) is 1. The second-order valence-electron chi connectivity index (χ2n) is 4.74. The molecule has 1 aromatic rings. The standard InChI is InChI=1S/C13H15ClN2O2/c1-8-9(14)3-2-4-10(8)16-11-5-6-15-7-12(11)18-13(16)17/h2-4,11-12,15H,5-7H2,1H3.